The van der Waals surface area contributed by atoms with Gasteiger partial charge in [-0.15, -0.1) is 0 Å². The van der Waals surface area contributed by atoms with Crippen molar-refractivity contribution in [2.45, 2.75) is 19.3 Å². The number of H-pyrrole nitrogens is 1. The zero-order valence-electron chi connectivity index (χ0n) is 8.06. The van der Waals surface area contributed by atoms with E-state index in [1.165, 1.54) is 12.8 Å². The van der Waals surface area contributed by atoms with Gasteiger partial charge in [0.2, 0.25) is 0 Å². The predicted molar refractivity (Wildman–Crippen MR) is 62.5 cm³/mol. The Morgan fingerprint density at radius 1 is 1.27 bits per heavy atom. The lowest BCUT2D eigenvalue weighted by Gasteiger charge is -1.93. The van der Waals surface area contributed by atoms with Gasteiger partial charge in [-0.1, -0.05) is 23.2 Å². The molecule has 0 spiro atoms. The quantitative estimate of drug-likeness (QED) is 0.850. The molecular formula is C11H10Cl2N2. The molecule has 2 nitrogen and oxygen atoms in total. The second-order valence-electron chi connectivity index (χ2n) is 4.11. The molecule has 0 bridgehead atoms. The average molecular weight is 241 g/mol. The van der Waals surface area contributed by atoms with Crippen LogP contribution in [0.5, 0.6) is 0 Å². The molecule has 78 valence electrons. The Kier molecular flexibility index (Phi) is 2.15. The molecule has 1 aromatic carbocycles. The van der Waals surface area contributed by atoms with Gasteiger partial charge < -0.3 is 4.98 Å². The minimum atomic E-state index is 0.564. The van der Waals surface area contributed by atoms with Gasteiger partial charge in [-0.25, -0.2) is 4.98 Å². The van der Waals surface area contributed by atoms with Crippen molar-refractivity contribution in [3.8, 4) is 0 Å². The van der Waals surface area contributed by atoms with Crippen LogP contribution >= 0.6 is 23.2 Å². The first-order chi connectivity index (χ1) is 7.22. The highest BCUT2D eigenvalue weighted by atomic mass is 35.5. The normalized spacial score (nSPS) is 16.1. The zero-order chi connectivity index (χ0) is 10.4. The number of aromatic nitrogens is 2. The van der Waals surface area contributed by atoms with E-state index in [2.05, 4.69) is 9.97 Å². The molecule has 1 aliphatic rings. The van der Waals surface area contributed by atoms with Crippen molar-refractivity contribution < 1.29 is 0 Å². The van der Waals surface area contributed by atoms with E-state index in [0.717, 1.165) is 29.2 Å². The third kappa shape index (κ3) is 1.84. The lowest BCUT2D eigenvalue weighted by atomic mass is 10.3. The molecule has 1 heterocycles. The van der Waals surface area contributed by atoms with Gasteiger partial charge >= 0.3 is 0 Å². The van der Waals surface area contributed by atoms with E-state index in [1.54, 1.807) is 0 Å². The van der Waals surface area contributed by atoms with Crippen LogP contribution in [0.2, 0.25) is 10.0 Å². The van der Waals surface area contributed by atoms with E-state index in [-0.39, 0.29) is 0 Å². The van der Waals surface area contributed by atoms with E-state index in [1.807, 2.05) is 12.1 Å². The molecule has 0 atom stereocenters. The number of halogens is 2. The number of fused-ring (bicyclic) bond motifs is 1. The largest absolute Gasteiger partial charge is 0.342 e. The summed E-state index contributed by atoms with van der Waals surface area (Å²) in [4.78, 5) is 7.78. The number of rotatable bonds is 2. The van der Waals surface area contributed by atoms with Gasteiger partial charge in [0.15, 0.2) is 0 Å². The molecular weight excluding hydrogens is 231 g/mol. The maximum absolute atomic E-state index is 5.94. The van der Waals surface area contributed by atoms with E-state index in [0.29, 0.717) is 10.0 Å². The second kappa shape index (κ2) is 3.39. The molecule has 1 fully saturated rings. The first kappa shape index (κ1) is 9.49. The highest BCUT2D eigenvalue weighted by Gasteiger charge is 2.23. The van der Waals surface area contributed by atoms with Crippen molar-refractivity contribution >= 4 is 34.2 Å². The third-order valence-corrected chi connectivity index (χ3v) is 3.47. The molecule has 0 unspecified atom stereocenters. The van der Waals surface area contributed by atoms with Gasteiger partial charge in [0.25, 0.3) is 0 Å². The Bertz CT molecular complexity index is 476. The van der Waals surface area contributed by atoms with Crippen LogP contribution in [0.15, 0.2) is 12.1 Å². The zero-order valence-corrected chi connectivity index (χ0v) is 9.57. The highest BCUT2D eigenvalue weighted by molar-refractivity contribution is 6.42. The van der Waals surface area contributed by atoms with Gasteiger partial charge in [-0.05, 0) is 30.9 Å². The summed E-state index contributed by atoms with van der Waals surface area (Å²) in [5.74, 6) is 1.88. The summed E-state index contributed by atoms with van der Waals surface area (Å²) in [6.45, 7) is 0. The topological polar surface area (TPSA) is 28.7 Å². The number of aromatic amines is 1. The molecule has 4 heteroatoms. The molecule has 1 N–H and O–H groups in total. The van der Waals surface area contributed by atoms with Gasteiger partial charge in [0, 0.05) is 6.42 Å². The monoisotopic (exact) mass is 240 g/mol. The molecule has 0 saturated heterocycles. The van der Waals surface area contributed by atoms with Crippen LogP contribution < -0.4 is 0 Å². The summed E-state index contributed by atoms with van der Waals surface area (Å²) in [6, 6.07) is 3.65. The Balaban J connectivity index is 2.04. The summed E-state index contributed by atoms with van der Waals surface area (Å²) in [6.07, 6.45) is 3.71. The fourth-order valence-electron chi connectivity index (χ4n) is 1.75. The lowest BCUT2D eigenvalue weighted by Crippen LogP contribution is -1.88. The van der Waals surface area contributed by atoms with E-state index < -0.39 is 0 Å². The van der Waals surface area contributed by atoms with E-state index in [4.69, 9.17) is 23.2 Å². The fraction of sp³-hybridized carbons (Fsp3) is 0.364. The SMILES string of the molecule is Clc1cc2nc(CC3CC3)[nH]c2cc1Cl. The Labute approximate surface area is 97.6 Å². The Morgan fingerprint density at radius 3 is 2.73 bits per heavy atom. The maximum Gasteiger partial charge on any atom is 0.107 e. The molecule has 0 radical (unpaired) electrons. The van der Waals surface area contributed by atoms with Crippen LogP contribution in [0.3, 0.4) is 0 Å². The molecule has 2 aromatic rings. The summed E-state index contributed by atoms with van der Waals surface area (Å²) in [5.41, 5.74) is 1.88. The van der Waals surface area contributed by atoms with Gasteiger partial charge in [-0.3, -0.25) is 0 Å². The minimum absolute atomic E-state index is 0.564. The number of hydrogen-bond acceptors (Lipinski definition) is 1. The first-order valence-electron chi connectivity index (χ1n) is 5.06. The molecule has 3 rings (SSSR count). The van der Waals surface area contributed by atoms with Crippen LogP contribution in [-0.2, 0) is 6.42 Å². The Hall–Kier alpha value is -0.730. The van der Waals surface area contributed by atoms with Gasteiger partial charge in [0.05, 0.1) is 21.1 Å². The van der Waals surface area contributed by atoms with Crippen molar-refractivity contribution in [2.24, 2.45) is 5.92 Å². The average Bonchev–Trinajstić information content (AvgIpc) is 2.89. The maximum atomic E-state index is 5.94. The van der Waals surface area contributed by atoms with Crippen LogP contribution in [0.4, 0.5) is 0 Å². The molecule has 1 aromatic heterocycles. The first-order valence-corrected chi connectivity index (χ1v) is 5.81. The number of hydrogen-bond donors (Lipinski definition) is 1. The molecule has 15 heavy (non-hydrogen) atoms. The van der Waals surface area contributed by atoms with Crippen LogP contribution in [-0.4, -0.2) is 9.97 Å². The number of imidazole rings is 1. The van der Waals surface area contributed by atoms with E-state index >= 15 is 0 Å². The van der Waals surface area contributed by atoms with E-state index in [9.17, 15) is 0 Å². The molecule has 1 aliphatic carbocycles. The van der Waals surface area contributed by atoms with Crippen LogP contribution in [0, 0.1) is 5.92 Å². The summed E-state index contributed by atoms with van der Waals surface area (Å²) < 4.78 is 0. The molecule has 1 saturated carbocycles. The smallest absolute Gasteiger partial charge is 0.107 e. The summed E-state index contributed by atoms with van der Waals surface area (Å²) in [7, 11) is 0. The molecule has 0 amide bonds. The molecule has 0 aliphatic heterocycles. The fourth-order valence-corrected chi connectivity index (χ4v) is 2.07. The number of nitrogens with zero attached hydrogens (tertiary/aromatic N) is 1. The summed E-state index contributed by atoms with van der Waals surface area (Å²) >= 11 is 11.9. The van der Waals surface area contributed by atoms with Crippen molar-refractivity contribution in [1.82, 2.24) is 9.97 Å². The minimum Gasteiger partial charge on any atom is -0.342 e. The van der Waals surface area contributed by atoms with Crippen molar-refractivity contribution in [1.29, 1.82) is 0 Å². The third-order valence-electron chi connectivity index (χ3n) is 2.75. The van der Waals surface area contributed by atoms with Crippen LogP contribution in [0.25, 0.3) is 11.0 Å². The van der Waals surface area contributed by atoms with Crippen molar-refractivity contribution in [3.63, 3.8) is 0 Å². The number of benzene rings is 1. The van der Waals surface area contributed by atoms with Crippen molar-refractivity contribution in [2.75, 3.05) is 0 Å². The van der Waals surface area contributed by atoms with Crippen LogP contribution in [0.1, 0.15) is 18.7 Å². The standard InChI is InChI=1S/C11H10Cl2N2/c12-7-4-9-10(5-8(7)13)15-11(14-9)3-6-1-2-6/h4-6H,1-3H2,(H,14,15). The highest BCUT2D eigenvalue weighted by Crippen LogP contribution is 2.33. The second-order valence-corrected chi connectivity index (χ2v) is 4.93. The number of nitrogens with one attached hydrogen (secondary N) is 1. The summed E-state index contributed by atoms with van der Waals surface area (Å²) in [5, 5.41) is 1.14. The van der Waals surface area contributed by atoms with Gasteiger partial charge in [-0.2, -0.15) is 0 Å². The Morgan fingerprint density at radius 2 is 2.00 bits per heavy atom. The van der Waals surface area contributed by atoms with Crippen molar-refractivity contribution in [3.05, 3.63) is 28.0 Å². The van der Waals surface area contributed by atoms with Gasteiger partial charge in [0.1, 0.15) is 5.82 Å². The predicted octanol–water partition coefficient (Wildman–Crippen LogP) is 3.82. The lowest BCUT2D eigenvalue weighted by molar-refractivity contribution is 0.787.